The van der Waals surface area contributed by atoms with Crippen molar-refractivity contribution < 1.29 is 28.7 Å². The van der Waals surface area contributed by atoms with Crippen molar-refractivity contribution in [3.63, 3.8) is 0 Å². The van der Waals surface area contributed by atoms with Crippen LogP contribution in [0.2, 0.25) is 0 Å². The van der Waals surface area contributed by atoms with Crippen LogP contribution < -0.4 is 16.0 Å². The standard InChI is InChI=1S/C25H24Br2FN5O5S/c1-25(2)19(24(37)38)33-22(36)18(23(33)39-25)32-21(35)17(11-6-4-3-5-7-11)31-15(34)10-30-20(29)12-8-13(26)16(28)14(27)9-12/h3-9,17-19,23H,10H2,1-2H3,(H2,29,30)(H,31,34)(H,32,35)(H,37,38)/t17?,18?,19-,23+/m0/s1. The Morgan fingerprint density at radius 3 is 2.38 bits per heavy atom. The number of amides is 3. The van der Waals surface area contributed by atoms with E-state index in [1.807, 2.05) is 0 Å². The molecule has 0 spiro atoms. The number of rotatable bonds is 8. The number of hydrogen-bond acceptors (Lipinski definition) is 6. The maximum Gasteiger partial charge on any atom is 0.327 e. The molecule has 2 aliphatic heterocycles. The highest BCUT2D eigenvalue weighted by molar-refractivity contribution is 9.11. The summed E-state index contributed by atoms with van der Waals surface area (Å²) >= 11 is 7.45. The lowest BCUT2D eigenvalue weighted by atomic mass is 9.95. The largest absolute Gasteiger partial charge is 0.480 e. The van der Waals surface area contributed by atoms with Gasteiger partial charge in [0.2, 0.25) is 17.7 Å². The predicted molar refractivity (Wildman–Crippen MR) is 150 cm³/mol. The van der Waals surface area contributed by atoms with Crippen molar-refractivity contribution in [1.82, 2.24) is 20.9 Å². The van der Waals surface area contributed by atoms with Crippen LogP contribution >= 0.6 is 43.6 Å². The zero-order valence-corrected chi connectivity index (χ0v) is 24.6. The molecule has 39 heavy (non-hydrogen) atoms. The van der Waals surface area contributed by atoms with Crippen LogP contribution in [0.5, 0.6) is 0 Å². The van der Waals surface area contributed by atoms with Gasteiger partial charge in [0.1, 0.15) is 29.3 Å². The Bertz CT molecular complexity index is 1340. The van der Waals surface area contributed by atoms with Crippen LogP contribution in [-0.2, 0) is 19.2 Å². The maximum absolute atomic E-state index is 13.8. The number of aliphatic carboxylic acids is 1. The number of halogens is 3. The average Bonchev–Trinajstić information content (AvgIpc) is 3.15. The number of benzene rings is 2. The van der Waals surface area contributed by atoms with E-state index >= 15 is 0 Å². The Kier molecular flexibility index (Phi) is 8.38. The van der Waals surface area contributed by atoms with E-state index in [1.165, 1.54) is 28.8 Å². The second-order valence-corrected chi connectivity index (χ2v) is 13.0. The van der Waals surface area contributed by atoms with Gasteiger partial charge in [0.15, 0.2) is 5.82 Å². The first-order valence-corrected chi connectivity index (χ1v) is 14.1. The molecule has 0 bridgehead atoms. The van der Waals surface area contributed by atoms with Gasteiger partial charge < -0.3 is 26.0 Å². The molecular weight excluding hydrogens is 661 g/mol. The number of carbonyl (C=O) groups excluding carboxylic acids is 3. The topological polar surface area (TPSA) is 152 Å². The Hall–Kier alpha value is -2.97. The normalized spacial score (nSPS) is 21.8. The summed E-state index contributed by atoms with van der Waals surface area (Å²) in [6, 6.07) is 8.13. The highest BCUT2D eigenvalue weighted by atomic mass is 79.9. The molecule has 4 rings (SSSR count). The van der Waals surface area contributed by atoms with E-state index in [0.29, 0.717) is 11.1 Å². The van der Waals surface area contributed by atoms with Crippen LogP contribution in [0, 0.1) is 11.2 Å². The van der Waals surface area contributed by atoms with Gasteiger partial charge in [0.25, 0.3) is 0 Å². The highest BCUT2D eigenvalue weighted by Gasteiger charge is 2.64. The van der Waals surface area contributed by atoms with Gasteiger partial charge in [-0.15, -0.1) is 11.8 Å². The summed E-state index contributed by atoms with van der Waals surface area (Å²) in [6.45, 7) is 3.12. The molecule has 10 nitrogen and oxygen atoms in total. The van der Waals surface area contributed by atoms with Crippen LogP contribution in [-0.4, -0.2) is 68.3 Å². The number of carboxylic acid groups (broad SMARTS) is 1. The van der Waals surface area contributed by atoms with Crippen molar-refractivity contribution in [3.8, 4) is 0 Å². The second kappa shape index (κ2) is 11.3. The smallest absolute Gasteiger partial charge is 0.327 e. The summed E-state index contributed by atoms with van der Waals surface area (Å²) < 4.78 is 13.4. The van der Waals surface area contributed by atoms with E-state index in [2.05, 4.69) is 47.8 Å². The van der Waals surface area contributed by atoms with Crippen LogP contribution in [0.25, 0.3) is 0 Å². The second-order valence-electron chi connectivity index (χ2n) is 9.48. The lowest BCUT2D eigenvalue weighted by molar-refractivity contribution is -0.161. The number of hydrogen-bond donors (Lipinski definition) is 5. The molecular formula is C25H24Br2FN5O5S. The summed E-state index contributed by atoms with van der Waals surface area (Å²) in [4.78, 5) is 52.0. The van der Waals surface area contributed by atoms with Crippen LogP contribution in [0.15, 0.2) is 51.4 Å². The molecule has 14 heteroatoms. The molecule has 206 valence electrons. The third-order valence-electron chi connectivity index (χ3n) is 6.37. The van der Waals surface area contributed by atoms with Gasteiger partial charge in [-0.2, -0.15) is 0 Å². The third-order valence-corrected chi connectivity index (χ3v) is 9.10. The van der Waals surface area contributed by atoms with Crippen molar-refractivity contribution in [1.29, 1.82) is 5.41 Å². The minimum absolute atomic E-state index is 0.138. The fraction of sp³-hybridized carbons (Fsp3) is 0.320. The van der Waals surface area contributed by atoms with Crippen molar-refractivity contribution in [2.24, 2.45) is 0 Å². The number of nitrogens with one attached hydrogen (secondary N) is 4. The molecule has 2 aromatic rings. The number of carboxylic acids is 1. The molecule has 3 amide bonds. The Morgan fingerprint density at radius 1 is 1.18 bits per heavy atom. The summed E-state index contributed by atoms with van der Waals surface area (Å²) in [7, 11) is 0. The molecule has 0 aliphatic carbocycles. The van der Waals surface area contributed by atoms with Crippen molar-refractivity contribution >= 4 is 73.1 Å². The van der Waals surface area contributed by atoms with Gasteiger partial charge in [-0.25, -0.2) is 9.18 Å². The first kappa shape index (κ1) is 29.0. The third kappa shape index (κ3) is 5.82. The quantitative estimate of drug-likeness (QED) is 0.124. The van der Waals surface area contributed by atoms with Gasteiger partial charge in [-0.3, -0.25) is 19.8 Å². The monoisotopic (exact) mass is 683 g/mol. The van der Waals surface area contributed by atoms with E-state index in [9.17, 15) is 28.7 Å². The average molecular weight is 685 g/mol. The fourth-order valence-electron chi connectivity index (χ4n) is 4.51. The molecule has 2 aliphatic rings. The zero-order valence-electron chi connectivity index (χ0n) is 20.6. The lowest BCUT2D eigenvalue weighted by Crippen LogP contribution is -2.71. The molecule has 4 atom stereocenters. The zero-order chi connectivity index (χ0) is 28.6. The van der Waals surface area contributed by atoms with Gasteiger partial charge in [0.05, 0.1) is 15.5 Å². The lowest BCUT2D eigenvalue weighted by Gasteiger charge is -2.44. The Morgan fingerprint density at radius 2 is 1.79 bits per heavy atom. The molecule has 2 unspecified atom stereocenters. The van der Waals surface area contributed by atoms with Gasteiger partial charge in [-0.05, 0) is 63.4 Å². The van der Waals surface area contributed by atoms with Crippen LogP contribution in [0.1, 0.15) is 31.0 Å². The number of β-lactam (4-membered cyclic amide) rings is 1. The molecule has 2 fully saturated rings. The van der Waals surface area contributed by atoms with E-state index in [4.69, 9.17) is 5.41 Å². The number of fused-ring (bicyclic) bond motifs is 1. The maximum atomic E-state index is 13.8. The minimum atomic E-state index is -1.15. The highest BCUT2D eigenvalue weighted by Crippen LogP contribution is 2.50. The van der Waals surface area contributed by atoms with Crippen molar-refractivity contribution in [3.05, 3.63) is 68.4 Å². The molecule has 2 saturated heterocycles. The molecule has 0 aromatic heterocycles. The van der Waals surface area contributed by atoms with Crippen molar-refractivity contribution in [2.45, 2.75) is 42.1 Å². The SMILES string of the molecule is CC1(C)S[C@@H]2C(NC(=O)C(NC(=O)CNC(=N)c3cc(Br)c(F)c(Br)c3)c3ccccc3)C(=O)N2[C@H]1C(=O)O. The predicted octanol–water partition coefficient (Wildman–Crippen LogP) is 2.75. The molecule has 5 N–H and O–H groups in total. The minimum Gasteiger partial charge on any atom is -0.480 e. The van der Waals surface area contributed by atoms with E-state index in [1.54, 1.807) is 44.2 Å². The Labute approximate surface area is 244 Å². The first-order valence-electron chi connectivity index (χ1n) is 11.7. The van der Waals surface area contributed by atoms with Gasteiger partial charge in [-0.1, -0.05) is 30.3 Å². The number of thioether (sulfide) groups is 1. The summed E-state index contributed by atoms with van der Waals surface area (Å²) in [5.74, 6) is -3.50. The summed E-state index contributed by atoms with van der Waals surface area (Å²) in [5, 5.41) is 25.2. The van der Waals surface area contributed by atoms with E-state index < -0.39 is 57.8 Å². The number of nitrogens with zero attached hydrogens (tertiary/aromatic N) is 1. The first-order chi connectivity index (χ1) is 18.3. The van der Waals surface area contributed by atoms with E-state index in [-0.39, 0.29) is 21.3 Å². The van der Waals surface area contributed by atoms with E-state index in [0.717, 1.165) is 0 Å². The van der Waals surface area contributed by atoms with Crippen LogP contribution in [0.3, 0.4) is 0 Å². The fourth-order valence-corrected chi connectivity index (χ4v) is 7.32. The van der Waals surface area contributed by atoms with Gasteiger partial charge >= 0.3 is 5.97 Å². The van der Waals surface area contributed by atoms with Gasteiger partial charge in [0, 0.05) is 10.3 Å². The number of amidine groups is 1. The summed E-state index contributed by atoms with van der Waals surface area (Å²) in [5.41, 5.74) is 0.793. The van der Waals surface area contributed by atoms with Crippen molar-refractivity contribution in [2.75, 3.05) is 6.54 Å². The summed E-state index contributed by atoms with van der Waals surface area (Å²) in [6.07, 6.45) is 0. The molecule has 0 saturated carbocycles. The molecule has 0 radical (unpaired) electrons. The van der Waals surface area contributed by atoms with Crippen LogP contribution in [0.4, 0.5) is 4.39 Å². The molecule has 2 heterocycles. The Balaban J connectivity index is 1.43. The number of carbonyl (C=O) groups is 4. The molecule has 2 aromatic carbocycles.